The van der Waals surface area contributed by atoms with Crippen molar-refractivity contribution in [3.63, 3.8) is 0 Å². The number of aromatic nitrogens is 3. The summed E-state index contributed by atoms with van der Waals surface area (Å²) in [7, 11) is -2.37. The number of ether oxygens (including phenoxy) is 4. The number of hydrogen-bond donors (Lipinski definition) is 3. The van der Waals surface area contributed by atoms with Crippen LogP contribution in [0.15, 0.2) is 54.9 Å². The molecular weight excluding hydrogens is 747 g/mol. The van der Waals surface area contributed by atoms with Crippen molar-refractivity contribution in [1.82, 2.24) is 35.0 Å². The van der Waals surface area contributed by atoms with Crippen molar-refractivity contribution < 1.29 is 46.5 Å². The number of sulfonamides is 1. The summed E-state index contributed by atoms with van der Waals surface area (Å²) < 4.78 is 52.7. The zero-order chi connectivity index (χ0) is 39.8. The highest BCUT2D eigenvalue weighted by atomic mass is 32.2. The van der Waals surface area contributed by atoms with E-state index in [4.69, 9.17) is 23.9 Å². The summed E-state index contributed by atoms with van der Waals surface area (Å²) in [5.41, 5.74) is -2.42. The van der Waals surface area contributed by atoms with E-state index in [-0.39, 0.29) is 44.9 Å². The molecule has 4 aliphatic rings. The molecular formula is C38H47N7O10S. The number of hydrogen-bond acceptors (Lipinski definition) is 12. The minimum atomic E-state index is -3.93. The summed E-state index contributed by atoms with van der Waals surface area (Å²) in [6.07, 6.45) is 6.82. The molecule has 1 saturated heterocycles. The van der Waals surface area contributed by atoms with Crippen LogP contribution in [0.25, 0.3) is 16.6 Å². The first-order valence-electron chi connectivity index (χ1n) is 18.7. The van der Waals surface area contributed by atoms with E-state index in [1.165, 1.54) is 4.90 Å². The minimum absolute atomic E-state index is 0.0102. The van der Waals surface area contributed by atoms with Gasteiger partial charge in [0.05, 0.1) is 25.5 Å². The van der Waals surface area contributed by atoms with Crippen LogP contribution in [0.5, 0.6) is 11.6 Å². The monoisotopic (exact) mass is 793 g/mol. The smallest absolute Gasteiger partial charge is 0.408 e. The second kappa shape index (κ2) is 15.4. The van der Waals surface area contributed by atoms with E-state index in [1.807, 2.05) is 12.1 Å². The molecule has 1 aromatic carbocycles. The minimum Gasteiger partial charge on any atom is -0.497 e. The average molecular weight is 794 g/mol. The molecule has 0 spiro atoms. The van der Waals surface area contributed by atoms with Crippen molar-refractivity contribution >= 4 is 44.6 Å². The molecule has 2 aromatic heterocycles. The van der Waals surface area contributed by atoms with Gasteiger partial charge in [0.15, 0.2) is 5.82 Å². The summed E-state index contributed by atoms with van der Waals surface area (Å²) >= 11 is 0. The molecule has 3 N–H and O–H groups in total. The SMILES string of the molecule is COc1ccc2c(O[C@@H]3C[C@H]4C(=O)N[C@]5(C(=O)NS(=O)(=O)C6CC6)C[C@H]5/C=C\COCCC[C@H](NC(=O)OC(C)(C)C)C(=O)N4C3)nc(-n3cccn3)cc2c1. The highest BCUT2D eigenvalue weighted by molar-refractivity contribution is 7.91. The summed E-state index contributed by atoms with van der Waals surface area (Å²) in [6.45, 7) is 5.48. The van der Waals surface area contributed by atoms with Gasteiger partial charge in [-0.3, -0.25) is 19.1 Å². The van der Waals surface area contributed by atoms with Crippen LogP contribution < -0.4 is 24.8 Å². The van der Waals surface area contributed by atoms with Crippen molar-refractivity contribution in [3.8, 4) is 17.4 Å². The van der Waals surface area contributed by atoms with Crippen LogP contribution in [0.2, 0.25) is 0 Å². The molecule has 7 rings (SSSR count). The Kier molecular flexibility index (Phi) is 10.7. The number of carbonyl (C=O) groups is 4. The number of alkyl carbamates (subject to hydrolysis) is 1. The average Bonchev–Trinajstić information content (AvgIpc) is 4.00. The Morgan fingerprint density at radius 1 is 1.12 bits per heavy atom. The topological polar surface area (TPSA) is 209 Å². The molecule has 0 unspecified atom stereocenters. The van der Waals surface area contributed by atoms with Crippen LogP contribution in [0, 0.1) is 5.92 Å². The third kappa shape index (κ3) is 8.60. The van der Waals surface area contributed by atoms with E-state index in [2.05, 4.69) is 20.5 Å². The van der Waals surface area contributed by atoms with Gasteiger partial charge >= 0.3 is 6.09 Å². The number of pyridine rings is 1. The van der Waals surface area contributed by atoms with Gasteiger partial charge in [-0.05, 0) is 88.6 Å². The van der Waals surface area contributed by atoms with Gasteiger partial charge in [0.1, 0.15) is 35.1 Å². The van der Waals surface area contributed by atoms with Gasteiger partial charge < -0.3 is 34.5 Å². The molecule has 5 atom stereocenters. The highest BCUT2D eigenvalue weighted by Gasteiger charge is 2.62. The van der Waals surface area contributed by atoms with Crippen LogP contribution in [-0.2, 0) is 33.9 Å². The first-order chi connectivity index (χ1) is 26.7. The molecule has 4 amide bonds. The van der Waals surface area contributed by atoms with E-state index in [0.717, 1.165) is 5.39 Å². The van der Waals surface area contributed by atoms with Crippen LogP contribution >= 0.6 is 0 Å². The molecule has 3 aromatic rings. The van der Waals surface area contributed by atoms with E-state index in [1.54, 1.807) is 75.3 Å². The van der Waals surface area contributed by atoms with Crippen LogP contribution in [0.4, 0.5) is 4.79 Å². The Labute approximate surface area is 324 Å². The summed E-state index contributed by atoms with van der Waals surface area (Å²) in [6, 6.07) is 6.71. The van der Waals surface area contributed by atoms with Gasteiger partial charge in [0.25, 0.3) is 5.91 Å². The molecule has 0 bridgehead atoms. The molecule has 0 radical (unpaired) electrons. The first-order valence-corrected chi connectivity index (χ1v) is 20.3. The lowest BCUT2D eigenvalue weighted by molar-refractivity contribution is -0.141. The first kappa shape index (κ1) is 39.0. The number of rotatable bonds is 8. The Hall–Kier alpha value is -5.23. The number of benzene rings is 1. The number of carbonyl (C=O) groups excluding carboxylic acids is 4. The van der Waals surface area contributed by atoms with Crippen molar-refractivity contribution in [2.45, 2.75) is 93.9 Å². The molecule has 17 nitrogen and oxygen atoms in total. The zero-order valence-electron chi connectivity index (χ0n) is 31.7. The number of amides is 4. The Morgan fingerprint density at radius 2 is 1.93 bits per heavy atom. The molecule has 3 fully saturated rings. The standard InChI is InChI=1S/C38H47N7O10S/c1-37(2,3)55-36(49)40-29-9-6-17-53-16-5-8-24-21-38(24,35(48)43-56(50,51)27-11-12-27)42-32(46)30-20-26(22-44(30)34(29)47)54-33-28-13-10-25(52-4)18-23(28)19-31(41-33)45-15-7-14-39-45/h5,7-8,10,13-15,18-19,24,26-27,29-30H,6,9,11-12,16-17,20-22H2,1-4H3,(H,40,49)(H,42,46)(H,43,48)/b8-5-/t24-,26-,29+,30+,38-/m1/s1. The zero-order valence-corrected chi connectivity index (χ0v) is 32.5. The highest BCUT2D eigenvalue weighted by Crippen LogP contribution is 2.46. The van der Waals surface area contributed by atoms with Gasteiger partial charge in [-0.15, -0.1) is 0 Å². The normalized spacial score (nSPS) is 26.5. The third-order valence-electron chi connectivity index (χ3n) is 10.2. The van der Waals surface area contributed by atoms with Gasteiger partial charge in [0, 0.05) is 36.7 Å². The number of methoxy groups -OCH3 is 1. The maximum absolute atomic E-state index is 14.5. The van der Waals surface area contributed by atoms with Crippen LogP contribution in [0.1, 0.15) is 59.3 Å². The van der Waals surface area contributed by atoms with Gasteiger partial charge in [-0.1, -0.05) is 12.2 Å². The molecule has 18 heteroatoms. The Bertz CT molecular complexity index is 2130. The predicted octanol–water partition coefficient (Wildman–Crippen LogP) is 2.52. The van der Waals surface area contributed by atoms with Crippen molar-refractivity contribution in [2.24, 2.45) is 5.92 Å². The lowest BCUT2D eigenvalue weighted by atomic mass is 10.1. The third-order valence-corrected chi connectivity index (χ3v) is 12.0. The fraction of sp³-hybridized carbons (Fsp3) is 0.526. The quantitative estimate of drug-likeness (QED) is 0.281. The Balaban J connectivity index is 1.22. The van der Waals surface area contributed by atoms with E-state index < -0.39 is 74.3 Å². The second-order valence-corrected chi connectivity index (χ2v) is 17.6. The molecule has 56 heavy (non-hydrogen) atoms. The lowest BCUT2D eigenvalue weighted by Crippen LogP contribution is -2.58. The van der Waals surface area contributed by atoms with E-state index in [0.29, 0.717) is 36.2 Å². The maximum Gasteiger partial charge on any atom is 0.408 e. The van der Waals surface area contributed by atoms with Crippen molar-refractivity contribution in [1.29, 1.82) is 0 Å². The van der Waals surface area contributed by atoms with E-state index >= 15 is 0 Å². The second-order valence-electron chi connectivity index (χ2n) is 15.6. The van der Waals surface area contributed by atoms with Gasteiger partial charge in [-0.2, -0.15) is 10.1 Å². The molecule has 4 heterocycles. The van der Waals surface area contributed by atoms with Gasteiger partial charge in [-0.25, -0.2) is 17.9 Å². The molecule has 300 valence electrons. The van der Waals surface area contributed by atoms with Crippen LogP contribution in [0.3, 0.4) is 0 Å². The largest absolute Gasteiger partial charge is 0.497 e. The molecule has 2 aliphatic carbocycles. The fourth-order valence-electron chi connectivity index (χ4n) is 7.10. The number of nitrogens with zero attached hydrogens (tertiary/aromatic N) is 4. The molecule has 2 saturated carbocycles. The van der Waals surface area contributed by atoms with Crippen LogP contribution in [-0.4, -0.2) is 113 Å². The lowest BCUT2D eigenvalue weighted by Gasteiger charge is -2.30. The Morgan fingerprint density at radius 3 is 2.64 bits per heavy atom. The summed E-state index contributed by atoms with van der Waals surface area (Å²) in [5.74, 6) is -1.30. The summed E-state index contributed by atoms with van der Waals surface area (Å²) in [5, 5.41) is 10.6. The maximum atomic E-state index is 14.5. The number of fused-ring (bicyclic) bond motifs is 3. The molecule has 2 aliphatic heterocycles. The van der Waals surface area contributed by atoms with Crippen molar-refractivity contribution in [3.05, 3.63) is 54.9 Å². The van der Waals surface area contributed by atoms with E-state index in [9.17, 15) is 27.6 Å². The fourth-order valence-corrected chi connectivity index (χ4v) is 8.46. The number of nitrogens with one attached hydrogen (secondary N) is 3. The predicted molar refractivity (Wildman–Crippen MR) is 201 cm³/mol. The van der Waals surface area contributed by atoms with Crippen molar-refractivity contribution in [2.75, 3.05) is 26.9 Å². The van der Waals surface area contributed by atoms with Gasteiger partial charge in [0.2, 0.25) is 27.7 Å². The summed E-state index contributed by atoms with van der Waals surface area (Å²) in [4.78, 5) is 61.9.